The van der Waals surface area contributed by atoms with Gasteiger partial charge in [-0.3, -0.25) is 9.59 Å². The standard InChI is InChI=1S/C17H17F2N3O2S/c1-10-9-20-17(25-10)21-15(23)11-4-6-22(7-5-11)16(24)13-3-2-12(18)8-14(13)19/h2-3,8-9,11H,4-7H2,1H3,(H,20,21,23). The van der Waals surface area contributed by atoms with Gasteiger partial charge >= 0.3 is 0 Å². The number of hydrogen-bond acceptors (Lipinski definition) is 4. The van der Waals surface area contributed by atoms with Crippen molar-refractivity contribution in [2.75, 3.05) is 18.4 Å². The summed E-state index contributed by atoms with van der Waals surface area (Å²) in [5, 5.41) is 3.35. The maximum Gasteiger partial charge on any atom is 0.256 e. The van der Waals surface area contributed by atoms with Gasteiger partial charge in [0.05, 0.1) is 5.56 Å². The molecule has 0 aliphatic carbocycles. The van der Waals surface area contributed by atoms with Gasteiger partial charge in [0.25, 0.3) is 5.91 Å². The minimum atomic E-state index is -0.871. The van der Waals surface area contributed by atoms with E-state index in [-0.39, 0.29) is 17.4 Å². The van der Waals surface area contributed by atoms with Gasteiger partial charge in [0.1, 0.15) is 11.6 Å². The molecule has 2 amide bonds. The van der Waals surface area contributed by atoms with Gasteiger partial charge in [-0.1, -0.05) is 0 Å². The van der Waals surface area contributed by atoms with Gasteiger partial charge < -0.3 is 10.2 Å². The molecular formula is C17H17F2N3O2S. The van der Waals surface area contributed by atoms with Crippen LogP contribution in [0.1, 0.15) is 28.1 Å². The minimum Gasteiger partial charge on any atom is -0.339 e. The maximum atomic E-state index is 13.7. The van der Waals surface area contributed by atoms with Gasteiger partial charge in [-0.25, -0.2) is 13.8 Å². The highest BCUT2D eigenvalue weighted by atomic mass is 32.1. The molecule has 1 aliphatic rings. The molecule has 25 heavy (non-hydrogen) atoms. The maximum absolute atomic E-state index is 13.7. The van der Waals surface area contributed by atoms with E-state index >= 15 is 0 Å². The van der Waals surface area contributed by atoms with Crippen LogP contribution in [0.15, 0.2) is 24.4 Å². The topological polar surface area (TPSA) is 62.3 Å². The van der Waals surface area contributed by atoms with Crippen molar-refractivity contribution < 1.29 is 18.4 Å². The first kappa shape index (κ1) is 17.5. The van der Waals surface area contributed by atoms with Crippen LogP contribution in [0.5, 0.6) is 0 Å². The number of benzene rings is 1. The summed E-state index contributed by atoms with van der Waals surface area (Å²) >= 11 is 1.41. The van der Waals surface area contributed by atoms with E-state index in [1.807, 2.05) is 6.92 Å². The van der Waals surface area contributed by atoms with Crippen LogP contribution in [-0.4, -0.2) is 34.8 Å². The van der Waals surface area contributed by atoms with E-state index in [1.54, 1.807) is 6.20 Å². The first-order valence-corrected chi connectivity index (χ1v) is 8.73. The average molecular weight is 365 g/mol. The molecule has 0 unspecified atom stereocenters. The number of rotatable bonds is 3. The number of halogens is 2. The highest BCUT2D eigenvalue weighted by Gasteiger charge is 2.29. The highest BCUT2D eigenvalue weighted by Crippen LogP contribution is 2.23. The van der Waals surface area contributed by atoms with Gasteiger partial charge in [0.15, 0.2) is 5.13 Å². The summed E-state index contributed by atoms with van der Waals surface area (Å²) in [4.78, 5) is 31.2. The van der Waals surface area contributed by atoms with E-state index in [1.165, 1.54) is 16.2 Å². The third-order valence-corrected chi connectivity index (χ3v) is 4.99. The number of carbonyl (C=O) groups excluding carboxylic acids is 2. The molecular weight excluding hydrogens is 348 g/mol. The third-order valence-electron chi connectivity index (χ3n) is 4.17. The molecule has 2 heterocycles. The normalized spacial score (nSPS) is 15.2. The Balaban J connectivity index is 1.57. The lowest BCUT2D eigenvalue weighted by Gasteiger charge is -2.31. The van der Waals surface area contributed by atoms with Crippen LogP contribution >= 0.6 is 11.3 Å². The van der Waals surface area contributed by atoms with Crippen molar-refractivity contribution in [3.63, 3.8) is 0 Å². The Hall–Kier alpha value is -2.35. The SMILES string of the molecule is Cc1cnc(NC(=O)C2CCN(C(=O)c3ccc(F)cc3F)CC2)s1. The molecule has 0 radical (unpaired) electrons. The fourth-order valence-electron chi connectivity index (χ4n) is 2.80. The molecule has 1 N–H and O–H groups in total. The molecule has 1 aliphatic heterocycles. The lowest BCUT2D eigenvalue weighted by Crippen LogP contribution is -2.41. The Kier molecular flexibility index (Phi) is 5.08. The second kappa shape index (κ2) is 7.26. The van der Waals surface area contributed by atoms with E-state index in [0.29, 0.717) is 37.1 Å². The zero-order valence-corrected chi connectivity index (χ0v) is 14.4. The predicted octanol–water partition coefficient (Wildman–Crippen LogP) is 3.22. The summed E-state index contributed by atoms with van der Waals surface area (Å²) in [6.07, 6.45) is 2.67. The first-order valence-electron chi connectivity index (χ1n) is 7.91. The van der Waals surface area contributed by atoms with Gasteiger partial charge in [-0.15, -0.1) is 11.3 Å². The summed E-state index contributed by atoms with van der Waals surface area (Å²) in [7, 11) is 0. The number of carbonyl (C=O) groups is 2. The van der Waals surface area contributed by atoms with Gasteiger partial charge in [0, 0.05) is 36.1 Å². The van der Waals surface area contributed by atoms with Crippen LogP contribution in [0.4, 0.5) is 13.9 Å². The van der Waals surface area contributed by atoms with Crippen molar-refractivity contribution in [1.29, 1.82) is 0 Å². The number of nitrogens with one attached hydrogen (secondary N) is 1. The second-order valence-corrected chi connectivity index (χ2v) is 7.19. The Labute approximate surface area is 147 Å². The summed E-state index contributed by atoms with van der Waals surface area (Å²) in [5.74, 6) is -2.40. The molecule has 0 atom stereocenters. The monoisotopic (exact) mass is 365 g/mol. The highest BCUT2D eigenvalue weighted by molar-refractivity contribution is 7.15. The summed E-state index contributed by atoms with van der Waals surface area (Å²) in [6.45, 7) is 2.61. The number of aryl methyl sites for hydroxylation is 1. The van der Waals surface area contributed by atoms with E-state index < -0.39 is 17.5 Å². The van der Waals surface area contributed by atoms with Crippen LogP contribution in [0.3, 0.4) is 0 Å². The Morgan fingerprint density at radius 1 is 1.28 bits per heavy atom. The third kappa shape index (κ3) is 4.01. The molecule has 1 aromatic carbocycles. The number of hydrogen-bond donors (Lipinski definition) is 1. The van der Waals surface area contributed by atoms with Crippen LogP contribution in [0, 0.1) is 24.5 Å². The number of thiazole rings is 1. The van der Waals surface area contributed by atoms with E-state index in [4.69, 9.17) is 0 Å². The van der Waals surface area contributed by atoms with Crippen LogP contribution in [0.25, 0.3) is 0 Å². The molecule has 2 aromatic rings. The van der Waals surface area contributed by atoms with Crippen molar-refractivity contribution in [1.82, 2.24) is 9.88 Å². The quantitative estimate of drug-likeness (QED) is 0.908. The molecule has 1 fully saturated rings. The second-order valence-electron chi connectivity index (χ2n) is 5.96. The minimum absolute atomic E-state index is 0.116. The van der Waals surface area contributed by atoms with Gasteiger partial charge in [0.2, 0.25) is 5.91 Å². The van der Waals surface area contributed by atoms with E-state index in [0.717, 1.165) is 17.0 Å². The van der Waals surface area contributed by atoms with Crippen LogP contribution in [0.2, 0.25) is 0 Å². The van der Waals surface area contributed by atoms with E-state index in [9.17, 15) is 18.4 Å². The fraction of sp³-hybridized carbons (Fsp3) is 0.353. The lowest BCUT2D eigenvalue weighted by atomic mass is 9.95. The van der Waals surface area contributed by atoms with Crippen LogP contribution < -0.4 is 5.32 Å². The summed E-state index contributed by atoms with van der Waals surface area (Å²) in [6, 6.07) is 2.91. The molecule has 8 heteroatoms. The largest absolute Gasteiger partial charge is 0.339 e. The molecule has 5 nitrogen and oxygen atoms in total. The number of piperidine rings is 1. The zero-order valence-electron chi connectivity index (χ0n) is 13.6. The first-order chi connectivity index (χ1) is 11.9. The zero-order chi connectivity index (χ0) is 18.0. The van der Waals surface area contributed by atoms with Crippen molar-refractivity contribution in [2.24, 2.45) is 5.92 Å². The number of anilines is 1. The van der Waals surface area contributed by atoms with Gasteiger partial charge in [-0.05, 0) is 31.9 Å². The Bertz CT molecular complexity index is 801. The molecule has 1 saturated heterocycles. The number of amides is 2. The smallest absolute Gasteiger partial charge is 0.256 e. The molecule has 0 bridgehead atoms. The lowest BCUT2D eigenvalue weighted by molar-refractivity contribution is -0.121. The molecule has 1 aromatic heterocycles. The molecule has 3 rings (SSSR count). The predicted molar refractivity (Wildman–Crippen MR) is 90.5 cm³/mol. The van der Waals surface area contributed by atoms with Crippen molar-refractivity contribution in [3.05, 3.63) is 46.5 Å². The fourth-order valence-corrected chi connectivity index (χ4v) is 3.47. The van der Waals surface area contributed by atoms with Crippen LogP contribution in [-0.2, 0) is 4.79 Å². The molecule has 132 valence electrons. The van der Waals surface area contributed by atoms with Crippen molar-refractivity contribution >= 4 is 28.3 Å². The van der Waals surface area contributed by atoms with Crippen molar-refractivity contribution in [2.45, 2.75) is 19.8 Å². The Morgan fingerprint density at radius 3 is 2.60 bits per heavy atom. The summed E-state index contributed by atoms with van der Waals surface area (Å²) < 4.78 is 26.7. The number of nitrogens with zero attached hydrogens (tertiary/aromatic N) is 2. The Morgan fingerprint density at radius 2 is 2.00 bits per heavy atom. The van der Waals surface area contributed by atoms with E-state index in [2.05, 4.69) is 10.3 Å². The summed E-state index contributed by atoms with van der Waals surface area (Å²) in [5.41, 5.74) is -0.150. The number of likely N-dealkylation sites (tertiary alicyclic amines) is 1. The number of aromatic nitrogens is 1. The van der Waals surface area contributed by atoms with Gasteiger partial charge in [-0.2, -0.15) is 0 Å². The average Bonchev–Trinajstić information content (AvgIpc) is 2.99. The molecule has 0 spiro atoms. The van der Waals surface area contributed by atoms with Crippen molar-refractivity contribution in [3.8, 4) is 0 Å². The molecule has 0 saturated carbocycles.